The molecule has 29 heavy (non-hydrogen) atoms. The van der Waals surface area contributed by atoms with Crippen LogP contribution in [0.2, 0.25) is 0 Å². The molecule has 144 valence electrons. The van der Waals surface area contributed by atoms with E-state index < -0.39 is 6.04 Å². The standard InChI is InChI=1S/C24H18NO4/c26-24-20-8-4-5-9-21(20)25(27)22(24)14-19-13-17-12-18(10-11-23(17)29-19)28-15-16-6-2-1-3-7-16/h1-13,22H,14-15H2/q-1. The fraction of sp³-hybridized carbons (Fsp3) is 0.125. The van der Waals surface area contributed by atoms with Crippen LogP contribution < -0.4 is 9.80 Å². The van der Waals surface area contributed by atoms with E-state index in [1.165, 1.54) is 0 Å². The highest BCUT2D eigenvalue weighted by atomic mass is 16.5. The molecule has 1 aromatic heterocycles. The summed E-state index contributed by atoms with van der Waals surface area (Å²) >= 11 is 0. The van der Waals surface area contributed by atoms with Crippen molar-refractivity contribution < 1.29 is 13.9 Å². The van der Waals surface area contributed by atoms with E-state index in [4.69, 9.17) is 9.15 Å². The third-order valence-electron chi connectivity index (χ3n) is 5.17. The van der Waals surface area contributed by atoms with E-state index >= 15 is 0 Å². The Labute approximate surface area is 167 Å². The number of para-hydroxylation sites is 1. The van der Waals surface area contributed by atoms with Gasteiger partial charge >= 0.3 is 0 Å². The number of nitrogens with zero attached hydrogens (tertiary/aromatic N) is 1. The molecule has 0 radical (unpaired) electrons. The SMILES string of the molecule is O=C1c2ccccc2N([O-])C1Cc1cc2cc(OCc3ccccc3)ccc2o1. The van der Waals surface area contributed by atoms with Gasteiger partial charge in [0, 0.05) is 23.1 Å². The predicted octanol–water partition coefficient (Wildman–Crippen LogP) is 5.12. The van der Waals surface area contributed by atoms with Gasteiger partial charge in [0.25, 0.3) is 0 Å². The zero-order valence-corrected chi connectivity index (χ0v) is 15.6. The lowest BCUT2D eigenvalue weighted by Crippen LogP contribution is -2.32. The fourth-order valence-electron chi connectivity index (χ4n) is 3.70. The third kappa shape index (κ3) is 3.26. The van der Waals surface area contributed by atoms with Crippen LogP contribution in [0.5, 0.6) is 5.75 Å². The Balaban J connectivity index is 1.34. The first-order valence-corrected chi connectivity index (χ1v) is 9.48. The van der Waals surface area contributed by atoms with Crippen molar-refractivity contribution in [3.05, 3.63) is 101 Å². The van der Waals surface area contributed by atoms with Crippen LogP contribution >= 0.6 is 0 Å². The molecule has 1 aliphatic heterocycles. The molecule has 5 nitrogen and oxygen atoms in total. The number of benzene rings is 3. The molecular formula is C24H18NO4-. The Morgan fingerprint density at radius 2 is 1.76 bits per heavy atom. The molecule has 4 aromatic rings. The van der Waals surface area contributed by atoms with Crippen molar-refractivity contribution in [1.29, 1.82) is 0 Å². The number of rotatable bonds is 5. The van der Waals surface area contributed by atoms with Crippen LogP contribution in [0, 0.1) is 5.21 Å². The van der Waals surface area contributed by atoms with Crippen molar-refractivity contribution in [3.8, 4) is 5.75 Å². The molecule has 0 amide bonds. The van der Waals surface area contributed by atoms with Crippen LogP contribution in [0.15, 0.2) is 83.3 Å². The number of anilines is 1. The molecule has 0 aliphatic carbocycles. The quantitative estimate of drug-likeness (QED) is 0.478. The summed E-state index contributed by atoms with van der Waals surface area (Å²) in [5.74, 6) is 1.18. The lowest BCUT2D eigenvalue weighted by atomic mass is 10.0. The number of ketones is 1. The van der Waals surface area contributed by atoms with E-state index in [1.54, 1.807) is 24.3 Å². The Morgan fingerprint density at radius 3 is 2.59 bits per heavy atom. The van der Waals surface area contributed by atoms with Gasteiger partial charge in [0.05, 0.1) is 6.04 Å². The molecule has 3 aromatic carbocycles. The van der Waals surface area contributed by atoms with E-state index in [0.29, 0.717) is 29.2 Å². The second-order valence-electron chi connectivity index (χ2n) is 7.11. The highest BCUT2D eigenvalue weighted by Crippen LogP contribution is 2.33. The normalized spacial score (nSPS) is 15.7. The van der Waals surface area contributed by atoms with Gasteiger partial charge in [-0.3, -0.25) is 4.79 Å². The molecular weight excluding hydrogens is 366 g/mol. The number of furan rings is 1. The van der Waals surface area contributed by atoms with Gasteiger partial charge in [-0.25, -0.2) is 0 Å². The van der Waals surface area contributed by atoms with Gasteiger partial charge in [-0.2, -0.15) is 0 Å². The van der Waals surface area contributed by atoms with Gasteiger partial charge in [-0.1, -0.05) is 42.5 Å². The molecule has 0 fully saturated rings. The maximum absolute atomic E-state index is 12.6. The van der Waals surface area contributed by atoms with Crippen molar-refractivity contribution in [2.45, 2.75) is 19.1 Å². The predicted molar refractivity (Wildman–Crippen MR) is 111 cm³/mol. The molecule has 5 rings (SSSR count). The lowest BCUT2D eigenvalue weighted by molar-refractivity contribution is 0.0971. The number of carbonyl (C=O) groups is 1. The highest BCUT2D eigenvalue weighted by Gasteiger charge is 2.32. The molecule has 0 spiro atoms. The van der Waals surface area contributed by atoms with Crippen LogP contribution in [-0.2, 0) is 13.0 Å². The number of hydrogen-bond donors (Lipinski definition) is 0. The number of ether oxygens (including phenoxy) is 1. The van der Waals surface area contributed by atoms with Crippen LogP contribution in [-0.4, -0.2) is 11.8 Å². The van der Waals surface area contributed by atoms with Gasteiger partial charge in [0.2, 0.25) is 0 Å². The minimum absolute atomic E-state index is 0.164. The Kier molecular flexibility index (Phi) is 4.30. The summed E-state index contributed by atoms with van der Waals surface area (Å²) in [6, 6.07) is 23.5. The molecule has 1 aliphatic rings. The summed E-state index contributed by atoms with van der Waals surface area (Å²) in [6.45, 7) is 0.483. The number of carbonyl (C=O) groups excluding carboxylic acids is 1. The monoisotopic (exact) mass is 384 g/mol. The maximum atomic E-state index is 12.6. The first-order chi connectivity index (χ1) is 14.2. The van der Waals surface area contributed by atoms with Gasteiger partial charge in [0.1, 0.15) is 23.7 Å². The smallest absolute Gasteiger partial charge is 0.186 e. The van der Waals surface area contributed by atoms with Crippen molar-refractivity contribution in [2.24, 2.45) is 0 Å². The first-order valence-electron chi connectivity index (χ1n) is 9.48. The summed E-state index contributed by atoms with van der Waals surface area (Å²) in [5, 5.41) is 14.2. The molecule has 5 heteroatoms. The van der Waals surface area contributed by atoms with Gasteiger partial charge in [0.15, 0.2) is 5.78 Å². The molecule has 0 bridgehead atoms. The van der Waals surface area contributed by atoms with E-state index in [-0.39, 0.29) is 12.2 Å². The van der Waals surface area contributed by atoms with Crippen molar-refractivity contribution in [1.82, 2.24) is 0 Å². The van der Waals surface area contributed by atoms with E-state index in [1.807, 2.05) is 54.6 Å². The molecule has 1 atom stereocenters. The summed E-state index contributed by atoms with van der Waals surface area (Å²) in [7, 11) is 0. The fourth-order valence-corrected chi connectivity index (χ4v) is 3.70. The maximum Gasteiger partial charge on any atom is 0.186 e. The number of hydroxylamine groups is 1. The van der Waals surface area contributed by atoms with Crippen LogP contribution in [0.3, 0.4) is 0 Å². The summed E-state index contributed by atoms with van der Waals surface area (Å²) in [5.41, 5.74) is 2.69. The second-order valence-corrected chi connectivity index (χ2v) is 7.11. The first kappa shape index (κ1) is 17.5. The average Bonchev–Trinajstić information content (AvgIpc) is 3.27. The number of Topliss-reactive ketones (excluding diaryl/α,β-unsaturated/α-hetero) is 1. The lowest BCUT2D eigenvalue weighted by Gasteiger charge is -2.31. The van der Waals surface area contributed by atoms with Crippen molar-refractivity contribution in [2.75, 3.05) is 5.06 Å². The minimum Gasteiger partial charge on any atom is -0.758 e. The molecule has 0 saturated heterocycles. The van der Waals surface area contributed by atoms with Crippen LogP contribution in [0.1, 0.15) is 21.7 Å². The van der Waals surface area contributed by atoms with E-state index in [9.17, 15) is 10.0 Å². The second kappa shape index (κ2) is 7.11. The molecule has 0 saturated carbocycles. The number of hydrogen-bond acceptors (Lipinski definition) is 5. The summed E-state index contributed by atoms with van der Waals surface area (Å²) < 4.78 is 11.7. The van der Waals surface area contributed by atoms with E-state index in [2.05, 4.69) is 0 Å². The average molecular weight is 384 g/mol. The van der Waals surface area contributed by atoms with Gasteiger partial charge in [-0.15, -0.1) is 0 Å². The summed E-state index contributed by atoms with van der Waals surface area (Å²) in [6.07, 6.45) is 0.228. The van der Waals surface area contributed by atoms with Crippen LogP contribution in [0.4, 0.5) is 5.69 Å². The zero-order valence-electron chi connectivity index (χ0n) is 15.6. The Morgan fingerprint density at radius 1 is 0.966 bits per heavy atom. The topological polar surface area (TPSA) is 65.7 Å². The minimum atomic E-state index is -0.790. The molecule has 0 N–H and O–H groups in total. The largest absolute Gasteiger partial charge is 0.758 e. The Hall–Kier alpha value is -3.57. The van der Waals surface area contributed by atoms with Crippen molar-refractivity contribution in [3.63, 3.8) is 0 Å². The van der Waals surface area contributed by atoms with Crippen LogP contribution in [0.25, 0.3) is 11.0 Å². The Bertz CT molecular complexity index is 1180. The third-order valence-corrected chi connectivity index (χ3v) is 5.17. The van der Waals surface area contributed by atoms with Gasteiger partial charge in [-0.05, 0) is 42.0 Å². The van der Waals surface area contributed by atoms with E-state index in [0.717, 1.165) is 21.8 Å². The number of fused-ring (bicyclic) bond motifs is 2. The summed E-state index contributed by atoms with van der Waals surface area (Å²) in [4.78, 5) is 12.6. The highest BCUT2D eigenvalue weighted by molar-refractivity contribution is 6.11. The zero-order chi connectivity index (χ0) is 19.8. The van der Waals surface area contributed by atoms with Crippen molar-refractivity contribution >= 4 is 22.4 Å². The van der Waals surface area contributed by atoms with Gasteiger partial charge < -0.3 is 19.4 Å². The molecule has 1 unspecified atom stereocenters. The molecule has 2 heterocycles.